The van der Waals surface area contributed by atoms with Crippen molar-refractivity contribution in [2.24, 2.45) is 11.8 Å². The highest BCUT2D eigenvalue weighted by Crippen LogP contribution is 2.45. The molecule has 0 radical (unpaired) electrons. The average molecular weight is 209 g/mol. The lowest BCUT2D eigenvalue weighted by atomic mass is 10.0. The van der Waals surface area contributed by atoms with E-state index in [2.05, 4.69) is 22.3 Å². The van der Waals surface area contributed by atoms with Crippen molar-refractivity contribution >= 4 is 12.2 Å². The van der Waals surface area contributed by atoms with Crippen LogP contribution in [-0.2, 0) is 0 Å². The quantitative estimate of drug-likeness (QED) is 0.542. The number of hydrogen-bond donors (Lipinski definition) is 2. The molecule has 2 bridgehead atoms. The van der Waals surface area contributed by atoms with E-state index in [1.807, 2.05) is 0 Å². The molecule has 1 heterocycles. The van der Waals surface area contributed by atoms with E-state index in [9.17, 15) is 4.79 Å². The summed E-state index contributed by atoms with van der Waals surface area (Å²) in [5.41, 5.74) is -0.110. The fraction of sp³-hybridized carbons (Fsp3) is 0.556. The summed E-state index contributed by atoms with van der Waals surface area (Å²) < 4.78 is 2.20. The van der Waals surface area contributed by atoms with Gasteiger partial charge in [-0.25, -0.2) is 9.89 Å². The van der Waals surface area contributed by atoms with E-state index >= 15 is 0 Å². The predicted octanol–water partition coefficient (Wildman–Crippen LogP) is 1.37. The van der Waals surface area contributed by atoms with E-state index in [1.54, 1.807) is 4.57 Å². The van der Waals surface area contributed by atoms with Crippen molar-refractivity contribution in [3.8, 4) is 0 Å². The van der Waals surface area contributed by atoms with Crippen LogP contribution in [0.2, 0.25) is 0 Å². The lowest BCUT2D eigenvalue weighted by molar-refractivity contribution is 0.417. The van der Waals surface area contributed by atoms with Crippen molar-refractivity contribution in [1.29, 1.82) is 0 Å². The summed E-state index contributed by atoms with van der Waals surface area (Å²) in [6.07, 6.45) is 6.70. The molecule has 0 unspecified atom stereocenters. The molecule has 2 aliphatic rings. The SMILES string of the molecule is O=c1[nH][nH]c(=S)n1[C@H]1C[C@H]2C=C[C@@H]1C2. The van der Waals surface area contributed by atoms with Gasteiger partial charge in [-0.1, -0.05) is 12.2 Å². The number of rotatable bonds is 1. The Hall–Kier alpha value is -1.10. The van der Waals surface area contributed by atoms with Gasteiger partial charge in [0.2, 0.25) is 0 Å². The average Bonchev–Trinajstić information content (AvgIpc) is 2.81. The largest absolute Gasteiger partial charge is 0.342 e. The van der Waals surface area contributed by atoms with Crippen molar-refractivity contribution < 1.29 is 0 Å². The summed E-state index contributed by atoms with van der Waals surface area (Å²) in [7, 11) is 0. The molecule has 14 heavy (non-hydrogen) atoms. The highest BCUT2D eigenvalue weighted by molar-refractivity contribution is 7.71. The number of aromatic amines is 2. The Morgan fingerprint density at radius 3 is 2.71 bits per heavy atom. The van der Waals surface area contributed by atoms with Crippen LogP contribution in [0.25, 0.3) is 0 Å². The van der Waals surface area contributed by atoms with Crippen LogP contribution in [0.4, 0.5) is 0 Å². The van der Waals surface area contributed by atoms with Crippen LogP contribution in [0.3, 0.4) is 0 Å². The second-order valence-corrected chi connectivity index (χ2v) is 4.46. The van der Waals surface area contributed by atoms with Gasteiger partial charge in [0.15, 0.2) is 4.77 Å². The molecule has 0 aromatic carbocycles. The first-order chi connectivity index (χ1) is 6.75. The first-order valence-corrected chi connectivity index (χ1v) is 5.24. The summed E-state index contributed by atoms with van der Waals surface area (Å²) in [6.45, 7) is 0. The molecule has 1 saturated carbocycles. The van der Waals surface area contributed by atoms with Crippen molar-refractivity contribution in [3.63, 3.8) is 0 Å². The van der Waals surface area contributed by atoms with Gasteiger partial charge in [-0.3, -0.25) is 9.67 Å². The monoisotopic (exact) mass is 209 g/mol. The van der Waals surface area contributed by atoms with E-state index in [1.165, 1.54) is 6.42 Å². The molecule has 0 spiro atoms. The van der Waals surface area contributed by atoms with Gasteiger partial charge in [-0.15, -0.1) is 0 Å². The highest BCUT2D eigenvalue weighted by atomic mass is 32.1. The number of allylic oxidation sites excluding steroid dienone is 2. The molecule has 0 aliphatic heterocycles. The third-order valence-electron chi connectivity index (χ3n) is 3.29. The van der Waals surface area contributed by atoms with E-state index < -0.39 is 0 Å². The molecular weight excluding hydrogens is 198 g/mol. The lowest BCUT2D eigenvalue weighted by Gasteiger charge is -2.17. The third-order valence-corrected chi connectivity index (χ3v) is 3.59. The zero-order valence-electron chi connectivity index (χ0n) is 7.56. The van der Waals surface area contributed by atoms with Gasteiger partial charge in [0.1, 0.15) is 0 Å². The normalized spacial score (nSPS) is 34.1. The number of fused-ring (bicyclic) bond motifs is 2. The Balaban J connectivity index is 2.09. The summed E-state index contributed by atoms with van der Waals surface area (Å²) in [6, 6.07) is 0.271. The number of nitrogens with one attached hydrogen (secondary N) is 2. The zero-order valence-corrected chi connectivity index (χ0v) is 8.38. The van der Waals surface area contributed by atoms with Crippen LogP contribution in [0.5, 0.6) is 0 Å². The van der Waals surface area contributed by atoms with Crippen molar-refractivity contribution in [2.75, 3.05) is 0 Å². The smallest absolute Gasteiger partial charge is 0.272 e. The fourth-order valence-electron chi connectivity index (χ4n) is 2.67. The van der Waals surface area contributed by atoms with Crippen LogP contribution in [0.1, 0.15) is 18.9 Å². The topological polar surface area (TPSA) is 53.6 Å². The van der Waals surface area contributed by atoms with E-state index in [0.29, 0.717) is 16.6 Å². The highest BCUT2D eigenvalue weighted by Gasteiger charge is 2.37. The van der Waals surface area contributed by atoms with Gasteiger partial charge in [-0.05, 0) is 36.9 Å². The summed E-state index contributed by atoms with van der Waals surface area (Å²) in [5, 5.41) is 5.22. The van der Waals surface area contributed by atoms with Gasteiger partial charge in [0.25, 0.3) is 0 Å². The molecule has 1 aromatic rings. The second-order valence-electron chi connectivity index (χ2n) is 4.08. The Morgan fingerprint density at radius 1 is 1.36 bits per heavy atom. The Labute approximate surface area is 85.6 Å². The maximum atomic E-state index is 11.5. The number of hydrogen-bond acceptors (Lipinski definition) is 2. The molecule has 2 N–H and O–H groups in total. The number of aromatic nitrogens is 3. The summed E-state index contributed by atoms with van der Waals surface area (Å²) in [4.78, 5) is 11.5. The molecule has 2 aliphatic carbocycles. The molecule has 3 rings (SSSR count). The second kappa shape index (κ2) is 2.70. The molecule has 1 fully saturated rings. The molecule has 4 nitrogen and oxygen atoms in total. The molecule has 3 atom stereocenters. The van der Waals surface area contributed by atoms with Crippen LogP contribution in [0, 0.1) is 16.6 Å². The van der Waals surface area contributed by atoms with Gasteiger partial charge >= 0.3 is 5.69 Å². The van der Waals surface area contributed by atoms with E-state index in [4.69, 9.17) is 12.2 Å². The van der Waals surface area contributed by atoms with Crippen molar-refractivity contribution in [3.05, 3.63) is 27.4 Å². The third kappa shape index (κ3) is 0.987. The molecule has 0 saturated heterocycles. The molecule has 5 heteroatoms. The molecule has 1 aromatic heterocycles. The van der Waals surface area contributed by atoms with Crippen LogP contribution < -0.4 is 5.69 Å². The van der Waals surface area contributed by atoms with Gasteiger partial charge < -0.3 is 0 Å². The first-order valence-electron chi connectivity index (χ1n) is 4.83. The van der Waals surface area contributed by atoms with Crippen molar-refractivity contribution in [1.82, 2.24) is 14.8 Å². The van der Waals surface area contributed by atoms with Gasteiger partial charge in [-0.2, -0.15) is 0 Å². The van der Waals surface area contributed by atoms with E-state index in [0.717, 1.165) is 6.42 Å². The maximum absolute atomic E-state index is 11.5. The maximum Gasteiger partial charge on any atom is 0.342 e. The van der Waals surface area contributed by atoms with Crippen molar-refractivity contribution in [2.45, 2.75) is 18.9 Å². The Morgan fingerprint density at radius 2 is 2.21 bits per heavy atom. The summed E-state index contributed by atoms with van der Waals surface area (Å²) in [5.74, 6) is 1.16. The minimum Gasteiger partial charge on any atom is -0.272 e. The predicted molar refractivity (Wildman–Crippen MR) is 54.6 cm³/mol. The number of H-pyrrole nitrogens is 2. The number of nitrogens with zero attached hydrogens (tertiary/aromatic N) is 1. The molecule has 0 amide bonds. The standard InChI is InChI=1S/C9H11N3OS/c13-8-10-11-9(14)12(8)7-4-5-1-2-6(7)3-5/h1-2,5-7H,3-4H2,(H,10,13)(H,11,14)/t5-,6+,7-/m0/s1. The Kier molecular flexibility index (Phi) is 1.58. The van der Waals surface area contributed by atoms with Gasteiger partial charge in [0.05, 0.1) is 0 Å². The first kappa shape index (κ1) is 8.23. The lowest BCUT2D eigenvalue weighted by Crippen LogP contribution is -2.25. The zero-order chi connectivity index (χ0) is 9.71. The van der Waals surface area contributed by atoms with Crippen LogP contribution in [0.15, 0.2) is 16.9 Å². The minimum absolute atomic E-state index is 0.110. The van der Waals surface area contributed by atoms with Crippen LogP contribution in [-0.4, -0.2) is 14.8 Å². The summed E-state index contributed by atoms with van der Waals surface area (Å²) >= 11 is 5.08. The minimum atomic E-state index is -0.110. The fourth-order valence-corrected chi connectivity index (χ4v) is 2.94. The van der Waals surface area contributed by atoms with Gasteiger partial charge in [0, 0.05) is 6.04 Å². The molecule has 74 valence electrons. The van der Waals surface area contributed by atoms with E-state index in [-0.39, 0.29) is 11.7 Å². The molecular formula is C9H11N3OS. The van der Waals surface area contributed by atoms with Crippen LogP contribution >= 0.6 is 12.2 Å². The Bertz CT molecular complexity index is 467.